The van der Waals surface area contributed by atoms with E-state index in [0.717, 1.165) is 5.56 Å². The minimum Gasteiger partial charge on any atom is -0.481 e. The molecule has 0 aliphatic heterocycles. The summed E-state index contributed by atoms with van der Waals surface area (Å²) in [4.78, 5) is 3.93. The molecule has 12 heavy (non-hydrogen) atoms. The molecule has 1 heterocycles. The van der Waals surface area contributed by atoms with E-state index in [0.29, 0.717) is 5.88 Å². The van der Waals surface area contributed by atoms with Crippen molar-refractivity contribution in [2.75, 3.05) is 7.11 Å². The standard InChI is InChI=1S/C9H8N2O/c1-12-9-7-8(3-2-5-10)4-6-11-9/h2-4,6-7H,1H3/b3-2+. The lowest BCUT2D eigenvalue weighted by atomic mass is 10.2. The van der Waals surface area contributed by atoms with Gasteiger partial charge in [-0.3, -0.25) is 0 Å². The summed E-state index contributed by atoms with van der Waals surface area (Å²) in [7, 11) is 1.56. The van der Waals surface area contributed by atoms with Crippen LogP contribution in [0.1, 0.15) is 5.56 Å². The topological polar surface area (TPSA) is 45.9 Å². The zero-order valence-electron chi connectivity index (χ0n) is 6.69. The molecule has 0 saturated carbocycles. The largest absolute Gasteiger partial charge is 0.481 e. The Kier molecular flexibility index (Phi) is 2.86. The quantitative estimate of drug-likeness (QED) is 0.617. The van der Waals surface area contributed by atoms with E-state index in [1.165, 1.54) is 6.08 Å². The fourth-order valence-electron chi connectivity index (χ4n) is 0.774. The molecule has 60 valence electrons. The third-order valence-corrected chi connectivity index (χ3v) is 1.32. The minimum atomic E-state index is 0.551. The predicted octanol–water partition coefficient (Wildman–Crippen LogP) is 1.63. The van der Waals surface area contributed by atoms with Crippen LogP contribution in [0.5, 0.6) is 5.88 Å². The van der Waals surface area contributed by atoms with E-state index in [2.05, 4.69) is 4.98 Å². The number of nitrogens with zero attached hydrogens (tertiary/aromatic N) is 2. The minimum absolute atomic E-state index is 0.551. The Bertz CT molecular complexity index is 326. The molecule has 0 fully saturated rings. The molecule has 3 nitrogen and oxygen atoms in total. The van der Waals surface area contributed by atoms with Gasteiger partial charge < -0.3 is 4.74 Å². The Morgan fingerprint density at radius 1 is 1.67 bits per heavy atom. The second-order valence-corrected chi connectivity index (χ2v) is 2.09. The summed E-state index contributed by atoms with van der Waals surface area (Å²) in [6.45, 7) is 0. The number of ether oxygens (including phenoxy) is 1. The van der Waals surface area contributed by atoms with Crippen molar-refractivity contribution in [3.63, 3.8) is 0 Å². The summed E-state index contributed by atoms with van der Waals surface area (Å²) in [5.41, 5.74) is 0.906. The van der Waals surface area contributed by atoms with Crippen LogP contribution in [0.3, 0.4) is 0 Å². The van der Waals surface area contributed by atoms with Crippen LogP contribution < -0.4 is 4.74 Å². The number of hydrogen-bond acceptors (Lipinski definition) is 3. The van der Waals surface area contributed by atoms with E-state index in [1.807, 2.05) is 6.07 Å². The molecule has 0 aromatic carbocycles. The number of pyridine rings is 1. The number of hydrogen-bond donors (Lipinski definition) is 0. The Morgan fingerprint density at radius 3 is 3.17 bits per heavy atom. The fourth-order valence-corrected chi connectivity index (χ4v) is 0.774. The molecule has 0 saturated heterocycles. The number of allylic oxidation sites excluding steroid dienone is 1. The average Bonchev–Trinajstić information content (AvgIpc) is 2.15. The van der Waals surface area contributed by atoms with E-state index < -0.39 is 0 Å². The van der Waals surface area contributed by atoms with Gasteiger partial charge in [0.25, 0.3) is 0 Å². The van der Waals surface area contributed by atoms with Crippen LogP contribution in [-0.4, -0.2) is 12.1 Å². The van der Waals surface area contributed by atoms with Gasteiger partial charge in [0.15, 0.2) is 0 Å². The van der Waals surface area contributed by atoms with Crippen molar-refractivity contribution in [2.24, 2.45) is 0 Å². The normalized spacial score (nSPS) is 9.67. The lowest BCUT2D eigenvalue weighted by Gasteiger charge is -1.97. The van der Waals surface area contributed by atoms with Gasteiger partial charge in [-0.05, 0) is 17.7 Å². The summed E-state index contributed by atoms with van der Waals surface area (Å²) in [6.07, 6.45) is 4.74. The van der Waals surface area contributed by atoms with E-state index >= 15 is 0 Å². The molecule has 0 aliphatic rings. The van der Waals surface area contributed by atoms with Crippen molar-refractivity contribution < 1.29 is 4.74 Å². The van der Waals surface area contributed by atoms with Crippen LogP contribution in [0.2, 0.25) is 0 Å². The molecule has 0 amide bonds. The van der Waals surface area contributed by atoms with Gasteiger partial charge in [0.1, 0.15) is 0 Å². The maximum Gasteiger partial charge on any atom is 0.213 e. The van der Waals surface area contributed by atoms with Gasteiger partial charge in [-0.2, -0.15) is 5.26 Å². The first-order valence-corrected chi connectivity index (χ1v) is 3.43. The molecule has 1 aromatic rings. The summed E-state index contributed by atoms with van der Waals surface area (Å²) >= 11 is 0. The zero-order valence-corrected chi connectivity index (χ0v) is 6.69. The lowest BCUT2D eigenvalue weighted by molar-refractivity contribution is 0.398. The van der Waals surface area contributed by atoms with Crippen LogP contribution in [-0.2, 0) is 0 Å². The first-order chi connectivity index (χ1) is 5.86. The van der Waals surface area contributed by atoms with Crippen molar-refractivity contribution in [1.82, 2.24) is 4.98 Å². The smallest absolute Gasteiger partial charge is 0.213 e. The molecule has 3 heteroatoms. The summed E-state index contributed by atoms with van der Waals surface area (Å²) in [5, 5.41) is 8.27. The molecule has 0 unspecified atom stereocenters. The van der Waals surface area contributed by atoms with Gasteiger partial charge in [0, 0.05) is 18.3 Å². The predicted molar refractivity (Wildman–Crippen MR) is 45.4 cm³/mol. The van der Waals surface area contributed by atoms with E-state index in [4.69, 9.17) is 10.00 Å². The number of aromatic nitrogens is 1. The highest BCUT2D eigenvalue weighted by molar-refractivity contribution is 5.52. The maximum atomic E-state index is 8.27. The van der Waals surface area contributed by atoms with Gasteiger partial charge in [-0.1, -0.05) is 0 Å². The summed E-state index contributed by atoms with van der Waals surface area (Å²) in [6, 6.07) is 5.47. The van der Waals surface area contributed by atoms with Crippen molar-refractivity contribution in [3.05, 3.63) is 30.0 Å². The molecule has 0 radical (unpaired) electrons. The lowest BCUT2D eigenvalue weighted by Crippen LogP contribution is -1.86. The molecule has 0 N–H and O–H groups in total. The Morgan fingerprint density at radius 2 is 2.50 bits per heavy atom. The van der Waals surface area contributed by atoms with Crippen molar-refractivity contribution in [1.29, 1.82) is 5.26 Å². The summed E-state index contributed by atoms with van der Waals surface area (Å²) in [5.74, 6) is 0.551. The third kappa shape index (κ3) is 2.10. The maximum absolute atomic E-state index is 8.27. The molecule has 1 aromatic heterocycles. The second-order valence-electron chi connectivity index (χ2n) is 2.09. The zero-order chi connectivity index (χ0) is 8.81. The molecule has 0 spiro atoms. The van der Waals surface area contributed by atoms with Crippen LogP contribution in [0.25, 0.3) is 6.08 Å². The molecule has 0 bridgehead atoms. The Hall–Kier alpha value is -1.82. The molecule has 0 aliphatic carbocycles. The van der Waals surface area contributed by atoms with Crippen LogP contribution in [0.15, 0.2) is 24.4 Å². The van der Waals surface area contributed by atoms with E-state index in [-0.39, 0.29) is 0 Å². The average molecular weight is 160 g/mol. The first kappa shape index (κ1) is 8.28. The third-order valence-electron chi connectivity index (χ3n) is 1.32. The highest BCUT2D eigenvalue weighted by Gasteiger charge is 1.91. The van der Waals surface area contributed by atoms with Gasteiger partial charge in [0.05, 0.1) is 13.2 Å². The fraction of sp³-hybridized carbons (Fsp3) is 0.111. The van der Waals surface area contributed by atoms with Gasteiger partial charge in [-0.15, -0.1) is 0 Å². The molecular formula is C9H8N2O. The molecule has 0 atom stereocenters. The van der Waals surface area contributed by atoms with Crippen LogP contribution in [0, 0.1) is 11.3 Å². The van der Waals surface area contributed by atoms with Crippen molar-refractivity contribution in [2.45, 2.75) is 0 Å². The van der Waals surface area contributed by atoms with Crippen LogP contribution >= 0.6 is 0 Å². The highest BCUT2D eigenvalue weighted by atomic mass is 16.5. The molecule has 1 rings (SSSR count). The second kappa shape index (κ2) is 4.14. The number of nitriles is 1. The van der Waals surface area contributed by atoms with Crippen LogP contribution in [0.4, 0.5) is 0 Å². The van der Waals surface area contributed by atoms with E-state index in [9.17, 15) is 0 Å². The molecular weight excluding hydrogens is 152 g/mol. The van der Waals surface area contributed by atoms with Gasteiger partial charge >= 0.3 is 0 Å². The SMILES string of the molecule is COc1cc(/C=C/C#N)ccn1. The highest BCUT2D eigenvalue weighted by Crippen LogP contribution is 2.09. The number of rotatable bonds is 2. The number of methoxy groups -OCH3 is 1. The van der Waals surface area contributed by atoms with Gasteiger partial charge in [-0.25, -0.2) is 4.98 Å². The first-order valence-electron chi connectivity index (χ1n) is 3.43. The Balaban J connectivity index is 2.88. The van der Waals surface area contributed by atoms with Gasteiger partial charge in [0.2, 0.25) is 5.88 Å². The van der Waals surface area contributed by atoms with Crippen molar-refractivity contribution >= 4 is 6.08 Å². The van der Waals surface area contributed by atoms with Crippen molar-refractivity contribution in [3.8, 4) is 11.9 Å². The van der Waals surface area contributed by atoms with E-state index in [1.54, 1.807) is 31.5 Å². The Labute approximate surface area is 70.9 Å². The summed E-state index contributed by atoms with van der Waals surface area (Å²) < 4.78 is 4.91. The monoisotopic (exact) mass is 160 g/mol.